The van der Waals surface area contributed by atoms with Crippen molar-refractivity contribution < 1.29 is 23.1 Å². The van der Waals surface area contributed by atoms with Crippen molar-refractivity contribution >= 4 is 23.3 Å². The smallest absolute Gasteiger partial charge is 0.418 e. The Kier molecular flexibility index (Phi) is 5.05. The molecule has 106 valence electrons. The summed E-state index contributed by atoms with van der Waals surface area (Å²) in [4.78, 5) is 12.2. The number of alkyl halides is 4. The Morgan fingerprint density at radius 1 is 1.42 bits per heavy atom. The molecule has 0 radical (unpaired) electrons. The first-order chi connectivity index (χ1) is 8.81. The van der Waals surface area contributed by atoms with Gasteiger partial charge in [-0.15, -0.1) is 11.6 Å². The summed E-state index contributed by atoms with van der Waals surface area (Å²) >= 11 is 5.56. The van der Waals surface area contributed by atoms with Gasteiger partial charge in [0.1, 0.15) is 0 Å². The molecular formula is C12H13ClF3NO2. The fourth-order valence-corrected chi connectivity index (χ4v) is 1.93. The van der Waals surface area contributed by atoms with Crippen LogP contribution in [0.1, 0.15) is 22.8 Å². The van der Waals surface area contributed by atoms with Crippen LogP contribution in [0.5, 0.6) is 0 Å². The van der Waals surface area contributed by atoms with Crippen LogP contribution in [0.4, 0.5) is 18.9 Å². The SMILES string of the molecule is CCN(CCCl)c1ccc(C(=O)O)cc1C(F)(F)F. The summed E-state index contributed by atoms with van der Waals surface area (Å²) in [6, 6.07) is 2.97. The minimum absolute atomic E-state index is 0.0550. The van der Waals surface area contributed by atoms with Gasteiger partial charge in [-0.05, 0) is 25.1 Å². The average Bonchev–Trinajstić information content (AvgIpc) is 2.34. The molecule has 7 heteroatoms. The Bertz CT molecular complexity index is 463. The number of aromatic carboxylic acids is 1. The van der Waals surface area contributed by atoms with Gasteiger partial charge in [-0.2, -0.15) is 13.2 Å². The zero-order valence-electron chi connectivity index (χ0n) is 10.2. The number of rotatable bonds is 5. The fourth-order valence-electron chi connectivity index (χ4n) is 1.72. The van der Waals surface area contributed by atoms with Crippen LogP contribution in [0.3, 0.4) is 0 Å². The van der Waals surface area contributed by atoms with E-state index in [4.69, 9.17) is 16.7 Å². The molecule has 0 heterocycles. The van der Waals surface area contributed by atoms with Gasteiger partial charge in [0.2, 0.25) is 0 Å². The van der Waals surface area contributed by atoms with Gasteiger partial charge in [0, 0.05) is 24.7 Å². The lowest BCUT2D eigenvalue weighted by atomic mass is 10.1. The second-order valence-corrected chi connectivity index (χ2v) is 4.18. The van der Waals surface area contributed by atoms with Gasteiger partial charge < -0.3 is 10.0 Å². The molecule has 0 aliphatic rings. The number of carboxylic acid groups (broad SMARTS) is 1. The highest BCUT2D eigenvalue weighted by Gasteiger charge is 2.35. The summed E-state index contributed by atoms with van der Waals surface area (Å²) in [6.45, 7) is 2.31. The Labute approximate surface area is 113 Å². The van der Waals surface area contributed by atoms with Gasteiger partial charge in [-0.1, -0.05) is 0 Å². The molecule has 0 aromatic heterocycles. The van der Waals surface area contributed by atoms with E-state index in [1.807, 2.05) is 0 Å². The highest BCUT2D eigenvalue weighted by atomic mass is 35.5. The minimum Gasteiger partial charge on any atom is -0.478 e. The van der Waals surface area contributed by atoms with Crippen LogP contribution in [0, 0.1) is 0 Å². The molecule has 0 bridgehead atoms. The third-order valence-electron chi connectivity index (χ3n) is 2.63. The van der Waals surface area contributed by atoms with E-state index >= 15 is 0 Å². The third kappa shape index (κ3) is 3.76. The van der Waals surface area contributed by atoms with Gasteiger partial charge in [0.05, 0.1) is 11.1 Å². The first-order valence-corrected chi connectivity index (χ1v) is 6.10. The van der Waals surface area contributed by atoms with Crippen molar-refractivity contribution in [2.45, 2.75) is 13.1 Å². The number of carbonyl (C=O) groups is 1. The van der Waals surface area contributed by atoms with Crippen LogP contribution >= 0.6 is 11.6 Å². The summed E-state index contributed by atoms with van der Waals surface area (Å²) < 4.78 is 38.9. The number of hydrogen-bond acceptors (Lipinski definition) is 2. The van der Waals surface area contributed by atoms with Crippen LogP contribution < -0.4 is 4.90 Å². The molecule has 3 nitrogen and oxygen atoms in total. The van der Waals surface area contributed by atoms with Gasteiger partial charge in [0.25, 0.3) is 0 Å². The topological polar surface area (TPSA) is 40.5 Å². The molecule has 0 aliphatic carbocycles. The van der Waals surface area contributed by atoms with E-state index < -0.39 is 23.3 Å². The highest BCUT2D eigenvalue weighted by Crippen LogP contribution is 2.37. The lowest BCUT2D eigenvalue weighted by Gasteiger charge is -2.26. The van der Waals surface area contributed by atoms with E-state index in [0.29, 0.717) is 12.6 Å². The standard InChI is InChI=1S/C12H13ClF3NO2/c1-2-17(6-5-13)10-4-3-8(11(18)19)7-9(10)12(14,15)16/h3-4,7H,2,5-6H2,1H3,(H,18,19). The van der Waals surface area contributed by atoms with Crippen molar-refractivity contribution in [1.29, 1.82) is 0 Å². The maximum atomic E-state index is 13.0. The van der Waals surface area contributed by atoms with E-state index in [0.717, 1.165) is 6.07 Å². The Hall–Kier alpha value is -1.43. The monoisotopic (exact) mass is 295 g/mol. The molecule has 1 rings (SSSR count). The lowest BCUT2D eigenvalue weighted by Crippen LogP contribution is -2.27. The highest BCUT2D eigenvalue weighted by molar-refractivity contribution is 6.18. The molecule has 0 unspecified atom stereocenters. The van der Waals surface area contributed by atoms with Gasteiger partial charge in [0.15, 0.2) is 0 Å². The number of carboxylic acids is 1. The van der Waals surface area contributed by atoms with Crippen LogP contribution in [-0.2, 0) is 6.18 Å². The summed E-state index contributed by atoms with van der Waals surface area (Å²) in [6.07, 6.45) is -4.61. The van der Waals surface area contributed by atoms with Crippen molar-refractivity contribution in [2.24, 2.45) is 0 Å². The van der Waals surface area contributed by atoms with E-state index in [9.17, 15) is 18.0 Å². The second-order valence-electron chi connectivity index (χ2n) is 3.80. The minimum atomic E-state index is -4.61. The van der Waals surface area contributed by atoms with Crippen LogP contribution in [0.25, 0.3) is 0 Å². The quantitative estimate of drug-likeness (QED) is 0.846. The molecule has 0 atom stereocenters. The van der Waals surface area contributed by atoms with Crippen molar-refractivity contribution in [1.82, 2.24) is 0 Å². The van der Waals surface area contributed by atoms with Crippen molar-refractivity contribution in [3.05, 3.63) is 29.3 Å². The first-order valence-electron chi connectivity index (χ1n) is 5.56. The third-order valence-corrected chi connectivity index (χ3v) is 2.79. The molecule has 1 aromatic carbocycles. The van der Waals surface area contributed by atoms with E-state index in [-0.39, 0.29) is 18.1 Å². The number of benzene rings is 1. The molecule has 1 aromatic rings. The average molecular weight is 296 g/mol. The summed E-state index contributed by atoms with van der Waals surface area (Å²) in [5, 5.41) is 8.76. The molecule has 0 saturated carbocycles. The lowest BCUT2D eigenvalue weighted by molar-refractivity contribution is -0.137. The zero-order valence-corrected chi connectivity index (χ0v) is 10.9. The van der Waals surface area contributed by atoms with Crippen molar-refractivity contribution in [3.8, 4) is 0 Å². The van der Waals surface area contributed by atoms with Gasteiger partial charge >= 0.3 is 12.1 Å². The molecule has 0 saturated heterocycles. The van der Waals surface area contributed by atoms with Crippen LogP contribution in [-0.4, -0.2) is 30.0 Å². The molecular weight excluding hydrogens is 283 g/mol. The molecule has 0 aliphatic heterocycles. The van der Waals surface area contributed by atoms with Crippen molar-refractivity contribution in [3.63, 3.8) is 0 Å². The molecule has 19 heavy (non-hydrogen) atoms. The Balaban J connectivity index is 3.34. The van der Waals surface area contributed by atoms with Gasteiger partial charge in [-0.25, -0.2) is 4.79 Å². The maximum absolute atomic E-state index is 13.0. The van der Waals surface area contributed by atoms with Crippen LogP contribution in [0.15, 0.2) is 18.2 Å². The number of hydrogen-bond donors (Lipinski definition) is 1. The Morgan fingerprint density at radius 2 is 2.05 bits per heavy atom. The number of anilines is 1. The van der Waals surface area contributed by atoms with E-state index in [1.165, 1.54) is 11.0 Å². The largest absolute Gasteiger partial charge is 0.478 e. The molecule has 1 N–H and O–H groups in total. The van der Waals surface area contributed by atoms with E-state index in [2.05, 4.69) is 0 Å². The second kappa shape index (κ2) is 6.14. The molecule has 0 fully saturated rings. The van der Waals surface area contributed by atoms with Crippen LogP contribution in [0.2, 0.25) is 0 Å². The van der Waals surface area contributed by atoms with E-state index in [1.54, 1.807) is 6.92 Å². The van der Waals surface area contributed by atoms with Gasteiger partial charge in [-0.3, -0.25) is 0 Å². The zero-order chi connectivity index (χ0) is 14.6. The number of nitrogens with zero attached hydrogens (tertiary/aromatic N) is 1. The fraction of sp³-hybridized carbons (Fsp3) is 0.417. The maximum Gasteiger partial charge on any atom is 0.418 e. The van der Waals surface area contributed by atoms with Crippen molar-refractivity contribution in [2.75, 3.05) is 23.9 Å². The predicted molar refractivity (Wildman–Crippen MR) is 67.0 cm³/mol. The molecule has 0 amide bonds. The predicted octanol–water partition coefficient (Wildman–Crippen LogP) is 3.47. The summed E-state index contributed by atoms with van der Waals surface area (Å²) in [5.41, 5.74) is -1.40. The number of halogens is 4. The normalized spacial score (nSPS) is 11.4. The molecule has 0 spiro atoms. The summed E-state index contributed by atoms with van der Waals surface area (Å²) in [7, 11) is 0. The summed E-state index contributed by atoms with van der Waals surface area (Å²) in [5.74, 6) is -1.20. The Morgan fingerprint density at radius 3 is 2.47 bits per heavy atom. The first kappa shape index (κ1) is 15.6.